The number of aromatic nitrogens is 5. The molecule has 1 atom stereocenters. The summed E-state index contributed by atoms with van der Waals surface area (Å²) in [5, 5.41) is 9.97. The smallest absolute Gasteiger partial charge is 0.328 e. The van der Waals surface area contributed by atoms with E-state index in [2.05, 4.69) is 57.7 Å². The Morgan fingerprint density at radius 2 is 1.86 bits per heavy atom. The monoisotopic (exact) mass is 486 g/mol. The molecule has 1 aliphatic heterocycles. The minimum atomic E-state index is -0.675. The van der Waals surface area contributed by atoms with Crippen molar-refractivity contribution in [2.24, 2.45) is 0 Å². The molecule has 2 aromatic rings. The molecule has 2 aliphatic rings. The molecule has 0 aromatic carbocycles. The summed E-state index contributed by atoms with van der Waals surface area (Å²) < 4.78 is 5.00. The molecular formula is C23H38N10O2. The number of esters is 1. The highest BCUT2D eigenvalue weighted by Gasteiger charge is 2.23. The van der Waals surface area contributed by atoms with Gasteiger partial charge in [-0.3, -0.25) is 4.90 Å². The van der Waals surface area contributed by atoms with Crippen LogP contribution in [-0.4, -0.2) is 106 Å². The summed E-state index contributed by atoms with van der Waals surface area (Å²) in [6.45, 7) is 5.93. The number of nitrogens with one attached hydrogen (secondary N) is 4. The molecule has 1 aliphatic carbocycles. The molecule has 12 heteroatoms. The van der Waals surface area contributed by atoms with Crippen molar-refractivity contribution in [3.05, 3.63) is 18.2 Å². The Morgan fingerprint density at radius 3 is 2.57 bits per heavy atom. The van der Waals surface area contributed by atoms with Crippen LogP contribution in [0, 0.1) is 0 Å². The number of aromatic amines is 1. The van der Waals surface area contributed by atoms with E-state index in [4.69, 9.17) is 4.74 Å². The van der Waals surface area contributed by atoms with E-state index < -0.39 is 12.0 Å². The fourth-order valence-electron chi connectivity index (χ4n) is 4.51. The molecule has 4 N–H and O–H groups in total. The average Bonchev–Trinajstić information content (AvgIpc) is 3.38. The van der Waals surface area contributed by atoms with Crippen LogP contribution in [-0.2, 0) is 16.0 Å². The maximum Gasteiger partial charge on any atom is 0.328 e. The van der Waals surface area contributed by atoms with Gasteiger partial charge in [0.2, 0.25) is 17.8 Å². The molecule has 35 heavy (non-hydrogen) atoms. The van der Waals surface area contributed by atoms with Crippen LogP contribution < -0.4 is 16.0 Å². The molecule has 1 saturated carbocycles. The highest BCUT2D eigenvalue weighted by Crippen LogP contribution is 2.21. The number of imidazole rings is 1. The quantitative estimate of drug-likeness (QED) is 0.341. The molecule has 1 saturated heterocycles. The summed E-state index contributed by atoms with van der Waals surface area (Å²) in [5.41, 5.74) is 0.744. The van der Waals surface area contributed by atoms with Gasteiger partial charge in [-0.15, -0.1) is 0 Å². The summed E-state index contributed by atoms with van der Waals surface area (Å²) >= 11 is 0. The molecule has 192 valence electrons. The zero-order valence-corrected chi connectivity index (χ0v) is 20.8. The van der Waals surface area contributed by atoms with Crippen LogP contribution in [0.2, 0.25) is 0 Å². The number of hydrogen-bond acceptors (Lipinski definition) is 11. The van der Waals surface area contributed by atoms with E-state index in [0.717, 1.165) is 57.8 Å². The first-order valence-electron chi connectivity index (χ1n) is 12.6. The van der Waals surface area contributed by atoms with E-state index in [9.17, 15) is 4.79 Å². The lowest BCUT2D eigenvalue weighted by molar-refractivity contribution is -0.141. The van der Waals surface area contributed by atoms with Crippen LogP contribution in [0.4, 0.5) is 17.8 Å². The summed E-state index contributed by atoms with van der Waals surface area (Å²) in [7, 11) is 3.53. The van der Waals surface area contributed by atoms with Crippen LogP contribution in [0.5, 0.6) is 0 Å². The number of hydrogen-bond donors (Lipinski definition) is 4. The van der Waals surface area contributed by atoms with Gasteiger partial charge in [-0.2, -0.15) is 15.0 Å². The van der Waals surface area contributed by atoms with Crippen molar-refractivity contribution >= 4 is 23.8 Å². The van der Waals surface area contributed by atoms with Crippen molar-refractivity contribution < 1.29 is 9.53 Å². The summed E-state index contributed by atoms with van der Waals surface area (Å²) in [5.74, 6) is 0.921. The number of piperazine rings is 1. The number of likely N-dealkylation sites (N-methyl/N-ethyl adjacent to an activating group) is 1. The molecule has 2 aromatic heterocycles. The number of nitrogens with zero attached hydrogens (tertiary/aromatic N) is 6. The second kappa shape index (κ2) is 12.6. The minimum Gasteiger partial charge on any atom is -0.467 e. The summed E-state index contributed by atoms with van der Waals surface area (Å²) in [6.07, 6.45) is 9.58. The average molecular weight is 487 g/mol. The lowest BCUT2D eigenvalue weighted by Gasteiger charge is -2.32. The highest BCUT2D eigenvalue weighted by molar-refractivity contribution is 5.79. The third-order valence-corrected chi connectivity index (χ3v) is 6.64. The number of H-pyrrole nitrogens is 1. The second-order valence-corrected chi connectivity index (χ2v) is 9.34. The molecule has 0 amide bonds. The first-order chi connectivity index (χ1) is 17.1. The van der Waals surface area contributed by atoms with Crippen molar-refractivity contribution in [1.29, 1.82) is 0 Å². The standard InChI is InChI=1S/C23H38N10O2/c1-32-10-12-33(13-11-32)9-8-25-21-29-22(27-17-6-4-3-5-7-17)31-23(30-21)28-19(20(34)35-2)14-18-15-24-16-26-18/h15-17,19H,3-14H2,1-2H3,(H,24,26)(H3,25,27,28,29,30,31)/t19-/m0/s1. The Bertz CT molecular complexity index is 911. The zero-order valence-electron chi connectivity index (χ0n) is 20.8. The van der Waals surface area contributed by atoms with Gasteiger partial charge < -0.3 is 30.6 Å². The Labute approximate surface area is 206 Å². The van der Waals surface area contributed by atoms with E-state index in [1.165, 1.54) is 26.4 Å². The van der Waals surface area contributed by atoms with E-state index in [1.807, 2.05) is 0 Å². The van der Waals surface area contributed by atoms with Gasteiger partial charge in [0.25, 0.3) is 0 Å². The van der Waals surface area contributed by atoms with Gasteiger partial charge in [0.15, 0.2) is 0 Å². The van der Waals surface area contributed by atoms with Gasteiger partial charge in [-0.25, -0.2) is 9.78 Å². The van der Waals surface area contributed by atoms with Crippen molar-refractivity contribution in [3.63, 3.8) is 0 Å². The Kier molecular flexibility index (Phi) is 9.07. The lowest BCUT2D eigenvalue weighted by atomic mass is 9.96. The van der Waals surface area contributed by atoms with Crippen LogP contribution in [0.1, 0.15) is 37.8 Å². The summed E-state index contributed by atoms with van der Waals surface area (Å²) in [6, 6.07) is -0.330. The highest BCUT2D eigenvalue weighted by atomic mass is 16.5. The molecule has 3 heterocycles. The predicted octanol–water partition coefficient (Wildman–Crippen LogP) is 1.19. The largest absolute Gasteiger partial charge is 0.467 e. The number of rotatable bonds is 11. The Balaban J connectivity index is 1.45. The fourth-order valence-corrected chi connectivity index (χ4v) is 4.51. The van der Waals surface area contributed by atoms with E-state index in [-0.39, 0.29) is 0 Å². The SMILES string of the molecule is COC(=O)[C@H](Cc1c[nH]cn1)Nc1nc(NCCN2CCN(C)CC2)nc(NC2CCCCC2)n1. The minimum absolute atomic E-state index is 0.325. The number of methoxy groups -OCH3 is 1. The third-order valence-electron chi connectivity index (χ3n) is 6.64. The lowest BCUT2D eigenvalue weighted by Crippen LogP contribution is -2.45. The number of anilines is 3. The van der Waals surface area contributed by atoms with Gasteiger partial charge in [-0.1, -0.05) is 19.3 Å². The molecule has 0 spiro atoms. The predicted molar refractivity (Wildman–Crippen MR) is 134 cm³/mol. The number of carbonyl (C=O) groups excluding carboxylic acids is 1. The van der Waals surface area contributed by atoms with Crippen LogP contribution in [0.25, 0.3) is 0 Å². The molecule has 2 fully saturated rings. The molecule has 0 radical (unpaired) electrons. The van der Waals surface area contributed by atoms with Gasteiger partial charge in [0.05, 0.1) is 19.1 Å². The fraction of sp³-hybridized carbons (Fsp3) is 0.696. The van der Waals surface area contributed by atoms with Gasteiger partial charge in [0, 0.05) is 57.9 Å². The third kappa shape index (κ3) is 7.76. The topological polar surface area (TPSA) is 136 Å². The Hall–Kier alpha value is -2.99. The van der Waals surface area contributed by atoms with Crippen molar-refractivity contribution in [3.8, 4) is 0 Å². The van der Waals surface area contributed by atoms with Crippen LogP contribution >= 0.6 is 0 Å². The van der Waals surface area contributed by atoms with E-state index >= 15 is 0 Å². The van der Waals surface area contributed by atoms with Crippen LogP contribution in [0.3, 0.4) is 0 Å². The molecule has 4 rings (SSSR count). The zero-order chi connectivity index (χ0) is 24.5. The molecule has 0 unspecified atom stereocenters. The number of ether oxygens (including phenoxy) is 1. The summed E-state index contributed by atoms with van der Waals surface area (Å²) in [4.78, 5) is 38.2. The van der Waals surface area contributed by atoms with Gasteiger partial charge in [-0.05, 0) is 19.9 Å². The van der Waals surface area contributed by atoms with Gasteiger partial charge in [0.1, 0.15) is 6.04 Å². The maximum absolute atomic E-state index is 12.5. The molecular weight excluding hydrogens is 448 g/mol. The van der Waals surface area contributed by atoms with Crippen molar-refractivity contribution in [2.45, 2.75) is 50.6 Å². The van der Waals surface area contributed by atoms with Crippen molar-refractivity contribution in [1.82, 2.24) is 34.7 Å². The molecule has 12 nitrogen and oxygen atoms in total. The van der Waals surface area contributed by atoms with E-state index in [1.54, 1.807) is 12.5 Å². The molecule has 0 bridgehead atoms. The van der Waals surface area contributed by atoms with E-state index in [0.29, 0.717) is 30.3 Å². The normalized spacial score (nSPS) is 18.7. The maximum atomic E-state index is 12.5. The van der Waals surface area contributed by atoms with Gasteiger partial charge >= 0.3 is 5.97 Å². The Morgan fingerprint density at radius 1 is 1.11 bits per heavy atom. The number of carbonyl (C=O) groups is 1. The first kappa shape index (κ1) is 25.1. The van der Waals surface area contributed by atoms with Crippen LogP contribution in [0.15, 0.2) is 12.5 Å². The second-order valence-electron chi connectivity index (χ2n) is 9.34. The van der Waals surface area contributed by atoms with Crippen molar-refractivity contribution in [2.75, 3.05) is 69.4 Å². The first-order valence-corrected chi connectivity index (χ1v) is 12.6.